The smallest absolute Gasteiger partial charge is 0.214 e. The van der Waals surface area contributed by atoms with Crippen molar-refractivity contribution in [2.75, 3.05) is 32.1 Å². The van der Waals surface area contributed by atoms with Gasteiger partial charge in [0.15, 0.2) is 0 Å². The molecule has 4 nitrogen and oxygen atoms in total. The van der Waals surface area contributed by atoms with Crippen LogP contribution in [0.5, 0.6) is 0 Å². The van der Waals surface area contributed by atoms with Crippen molar-refractivity contribution in [2.45, 2.75) is 39.5 Å². The number of ether oxygens (including phenoxy) is 1. The molecule has 0 aromatic carbocycles. The van der Waals surface area contributed by atoms with Gasteiger partial charge in [-0.15, -0.1) is 0 Å². The van der Waals surface area contributed by atoms with Crippen LogP contribution in [0.15, 0.2) is 0 Å². The van der Waals surface area contributed by atoms with Crippen molar-refractivity contribution >= 4 is 10.0 Å². The van der Waals surface area contributed by atoms with E-state index in [-0.39, 0.29) is 0 Å². The number of sulfonamides is 1. The molecule has 17 heavy (non-hydrogen) atoms. The lowest BCUT2D eigenvalue weighted by atomic mass is 10.0. The highest BCUT2D eigenvalue weighted by atomic mass is 32.2. The Balaban J connectivity index is 2.47. The van der Waals surface area contributed by atoms with Crippen LogP contribution < -0.4 is 0 Å². The van der Waals surface area contributed by atoms with Crippen molar-refractivity contribution in [1.82, 2.24) is 4.31 Å². The van der Waals surface area contributed by atoms with E-state index < -0.39 is 10.0 Å². The maximum absolute atomic E-state index is 12.0. The molecule has 0 aromatic rings. The fourth-order valence-electron chi connectivity index (χ4n) is 2.16. The fraction of sp³-hybridized carbons (Fsp3) is 1.00. The van der Waals surface area contributed by atoms with Crippen LogP contribution >= 0.6 is 0 Å². The first-order valence-electron chi connectivity index (χ1n) is 6.65. The largest absolute Gasteiger partial charge is 0.381 e. The van der Waals surface area contributed by atoms with Crippen LogP contribution in [-0.4, -0.2) is 44.8 Å². The van der Waals surface area contributed by atoms with Crippen molar-refractivity contribution in [3.8, 4) is 0 Å². The summed E-state index contributed by atoms with van der Waals surface area (Å²) in [5, 5.41) is 0. The van der Waals surface area contributed by atoms with E-state index >= 15 is 0 Å². The number of piperidine rings is 1. The second-order valence-corrected chi connectivity index (χ2v) is 6.78. The Morgan fingerprint density at radius 2 is 2.12 bits per heavy atom. The van der Waals surface area contributed by atoms with Crippen molar-refractivity contribution in [3.63, 3.8) is 0 Å². The average molecular weight is 263 g/mol. The molecule has 1 aliphatic heterocycles. The van der Waals surface area contributed by atoms with Crippen LogP contribution in [0, 0.1) is 5.92 Å². The molecule has 1 unspecified atom stereocenters. The molecule has 0 bridgehead atoms. The zero-order valence-corrected chi connectivity index (χ0v) is 11.8. The Morgan fingerprint density at radius 3 is 2.76 bits per heavy atom. The minimum atomic E-state index is -3.03. The SMILES string of the molecule is CCCCS(=O)(=O)N1CCCC(COCC)C1. The molecule has 1 rings (SSSR count). The van der Waals surface area contributed by atoms with Crippen LogP contribution in [-0.2, 0) is 14.8 Å². The molecule has 1 atom stereocenters. The van der Waals surface area contributed by atoms with Gasteiger partial charge in [-0.25, -0.2) is 12.7 Å². The van der Waals surface area contributed by atoms with E-state index in [1.165, 1.54) is 0 Å². The first-order chi connectivity index (χ1) is 8.10. The molecule has 5 heteroatoms. The van der Waals surface area contributed by atoms with E-state index in [1.807, 2.05) is 13.8 Å². The molecule has 102 valence electrons. The van der Waals surface area contributed by atoms with Crippen molar-refractivity contribution < 1.29 is 13.2 Å². The third-order valence-electron chi connectivity index (χ3n) is 3.19. The molecular weight excluding hydrogens is 238 g/mol. The summed E-state index contributed by atoms with van der Waals surface area (Å²) < 4.78 is 31.2. The van der Waals surface area contributed by atoms with E-state index in [4.69, 9.17) is 4.74 Å². The van der Waals surface area contributed by atoms with E-state index in [1.54, 1.807) is 4.31 Å². The Labute approximate surface area is 105 Å². The monoisotopic (exact) mass is 263 g/mol. The molecular formula is C12H25NO3S. The zero-order chi connectivity index (χ0) is 12.7. The number of hydrogen-bond donors (Lipinski definition) is 0. The summed E-state index contributed by atoms with van der Waals surface area (Å²) in [7, 11) is -3.03. The van der Waals surface area contributed by atoms with Gasteiger partial charge in [-0.05, 0) is 32.1 Å². The number of nitrogens with zero attached hydrogens (tertiary/aromatic N) is 1. The van der Waals surface area contributed by atoms with E-state index in [9.17, 15) is 8.42 Å². The van der Waals surface area contributed by atoms with Crippen molar-refractivity contribution in [1.29, 1.82) is 0 Å². The van der Waals surface area contributed by atoms with Gasteiger partial charge in [-0.1, -0.05) is 13.3 Å². The summed E-state index contributed by atoms with van der Waals surface area (Å²) >= 11 is 0. The molecule has 0 spiro atoms. The number of rotatable bonds is 7. The van der Waals surface area contributed by atoms with E-state index in [2.05, 4.69) is 0 Å². The van der Waals surface area contributed by atoms with Gasteiger partial charge in [0, 0.05) is 19.7 Å². The number of unbranched alkanes of at least 4 members (excludes halogenated alkanes) is 1. The Bertz CT molecular complexity index is 303. The van der Waals surface area contributed by atoms with Gasteiger partial charge in [0.2, 0.25) is 10.0 Å². The van der Waals surface area contributed by atoms with Crippen molar-refractivity contribution in [2.24, 2.45) is 5.92 Å². The zero-order valence-electron chi connectivity index (χ0n) is 11.0. The molecule has 1 aliphatic rings. The minimum absolute atomic E-state index is 0.296. The summed E-state index contributed by atoms with van der Waals surface area (Å²) in [5.74, 6) is 0.672. The highest BCUT2D eigenvalue weighted by molar-refractivity contribution is 7.89. The second kappa shape index (κ2) is 7.34. The van der Waals surface area contributed by atoms with Crippen LogP contribution in [0.25, 0.3) is 0 Å². The second-order valence-electron chi connectivity index (χ2n) is 4.70. The topological polar surface area (TPSA) is 46.6 Å². The van der Waals surface area contributed by atoms with E-state index in [0.717, 1.165) is 25.7 Å². The summed E-state index contributed by atoms with van der Waals surface area (Å²) in [5.41, 5.74) is 0. The standard InChI is InChI=1S/C12H25NO3S/c1-3-5-9-17(14,15)13-8-6-7-12(10-13)11-16-4-2/h12H,3-11H2,1-2H3. The quantitative estimate of drug-likeness (QED) is 0.704. The lowest BCUT2D eigenvalue weighted by Crippen LogP contribution is -2.42. The summed E-state index contributed by atoms with van der Waals surface area (Å²) in [6.07, 6.45) is 3.73. The van der Waals surface area contributed by atoms with Gasteiger partial charge >= 0.3 is 0 Å². The van der Waals surface area contributed by atoms with Gasteiger partial charge < -0.3 is 4.74 Å². The average Bonchev–Trinajstić information content (AvgIpc) is 2.34. The Morgan fingerprint density at radius 1 is 1.35 bits per heavy atom. The van der Waals surface area contributed by atoms with Crippen molar-refractivity contribution in [3.05, 3.63) is 0 Å². The predicted octanol–water partition coefficient (Wildman–Crippen LogP) is 1.86. The third-order valence-corrected chi connectivity index (χ3v) is 5.11. The lowest BCUT2D eigenvalue weighted by molar-refractivity contribution is 0.0864. The summed E-state index contributed by atoms with van der Waals surface area (Å²) in [4.78, 5) is 0. The predicted molar refractivity (Wildman–Crippen MR) is 69.5 cm³/mol. The van der Waals surface area contributed by atoms with E-state index in [0.29, 0.717) is 38.0 Å². The number of hydrogen-bond acceptors (Lipinski definition) is 3. The van der Waals surface area contributed by atoms with Crippen LogP contribution in [0.3, 0.4) is 0 Å². The summed E-state index contributed by atoms with van der Waals surface area (Å²) in [6.45, 7) is 6.72. The van der Waals surface area contributed by atoms with Gasteiger partial charge in [0.05, 0.1) is 12.4 Å². The highest BCUT2D eigenvalue weighted by Crippen LogP contribution is 2.20. The van der Waals surface area contributed by atoms with Gasteiger partial charge in [0.25, 0.3) is 0 Å². The van der Waals surface area contributed by atoms with Gasteiger partial charge in [0.1, 0.15) is 0 Å². The third kappa shape index (κ3) is 4.94. The fourth-order valence-corrected chi connectivity index (χ4v) is 3.91. The minimum Gasteiger partial charge on any atom is -0.381 e. The molecule has 0 aromatic heterocycles. The normalized spacial score (nSPS) is 22.8. The first kappa shape index (κ1) is 14.9. The molecule has 0 radical (unpaired) electrons. The Hall–Kier alpha value is -0.130. The van der Waals surface area contributed by atoms with Gasteiger partial charge in [-0.2, -0.15) is 0 Å². The van der Waals surface area contributed by atoms with Crippen LogP contribution in [0.1, 0.15) is 39.5 Å². The first-order valence-corrected chi connectivity index (χ1v) is 8.26. The van der Waals surface area contributed by atoms with Crippen LogP contribution in [0.2, 0.25) is 0 Å². The molecule has 0 N–H and O–H groups in total. The molecule has 1 saturated heterocycles. The Kier molecular flexibility index (Phi) is 6.44. The maximum Gasteiger partial charge on any atom is 0.214 e. The highest BCUT2D eigenvalue weighted by Gasteiger charge is 2.28. The maximum atomic E-state index is 12.0. The molecule has 1 fully saturated rings. The summed E-state index contributed by atoms with van der Waals surface area (Å²) in [6, 6.07) is 0. The lowest BCUT2D eigenvalue weighted by Gasteiger charge is -2.31. The van der Waals surface area contributed by atoms with Crippen LogP contribution in [0.4, 0.5) is 0 Å². The molecule has 1 heterocycles. The molecule has 0 aliphatic carbocycles. The molecule has 0 saturated carbocycles. The van der Waals surface area contributed by atoms with Gasteiger partial charge in [-0.3, -0.25) is 0 Å². The molecule has 0 amide bonds.